The Morgan fingerprint density at radius 2 is 2.14 bits per heavy atom. The van der Waals surface area contributed by atoms with Gasteiger partial charge < -0.3 is 15.2 Å². The van der Waals surface area contributed by atoms with Gasteiger partial charge in [-0.05, 0) is 37.3 Å². The minimum absolute atomic E-state index is 0.0553. The van der Waals surface area contributed by atoms with Gasteiger partial charge in [0.25, 0.3) is 0 Å². The lowest BCUT2D eigenvalue weighted by Gasteiger charge is -2.14. The number of ether oxygens (including phenoxy) is 1. The van der Waals surface area contributed by atoms with Crippen molar-refractivity contribution >= 4 is 5.91 Å². The summed E-state index contributed by atoms with van der Waals surface area (Å²) in [5, 5.41) is 11.8. The smallest absolute Gasteiger partial charge is 0.220 e. The summed E-state index contributed by atoms with van der Waals surface area (Å²) in [5.41, 5.74) is 1.11. The van der Waals surface area contributed by atoms with Gasteiger partial charge in [-0.1, -0.05) is 31.5 Å². The summed E-state index contributed by atoms with van der Waals surface area (Å²) >= 11 is 0. The molecule has 1 unspecified atom stereocenters. The third kappa shape index (κ3) is 7.14. The molecule has 1 aromatic rings. The number of benzene rings is 1. The minimum Gasteiger partial charge on any atom is -0.493 e. The molecule has 1 atom stereocenters. The lowest BCUT2D eigenvalue weighted by molar-refractivity contribution is -0.121. The van der Waals surface area contributed by atoms with Crippen molar-refractivity contribution < 1.29 is 14.6 Å². The van der Waals surface area contributed by atoms with Crippen molar-refractivity contribution in [2.24, 2.45) is 5.92 Å². The van der Waals surface area contributed by atoms with E-state index in [1.807, 2.05) is 31.2 Å². The van der Waals surface area contributed by atoms with Crippen molar-refractivity contribution in [3.05, 3.63) is 29.8 Å². The zero-order chi connectivity index (χ0) is 15.5. The van der Waals surface area contributed by atoms with Gasteiger partial charge in [-0.3, -0.25) is 4.79 Å². The molecule has 1 rings (SSSR count). The molecule has 0 radical (unpaired) electrons. The van der Waals surface area contributed by atoms with E-state index < -0.39 is 0 Å². The van der Waals surface area contributed by atoms with Gasteiger partial charge >= 0.3 is 0 Å². The second-order valence-electron chi connectivity index (χ2n) is 5.31. The molecular weight excluding hydrogens is 266 g/mol. The van der Waals surface area contributed by atoms with Crippen LogP contribution in [0.4, 0.5) is 0 Å². The third-order valence-electron chi connectivity index (χ3n) is 3.60. The molecule has 118 valence electrons. The van der Waals surface area contributed by atoms with Crippen molar-refractivity contribution in [2.75, 3.05) is 19.8 Å². The predicted molar refractivity (Wildman–Crippen MR) is 84.4 cm³/mol. The number of hydrogen-bond donors (Lipinski definition) is 2. The number of carbonyl (C=O) groups excluding carboxylic acids is 1. The predicted octanol–water partition coefficient (Wildman–Crippen LogP) is 2.68. The quantitative estimate of drug-likeness (QED) is 0.652. The second-order valence-corrected chi connectivity index (χ2v) is 5.31. The van der Waals surface area contributed by atoms with Crippen LogP contribution in [0.1, 0.15) is 38.2 Å². The Morgan fingerprint density at radius 3 is 2.81 bits per heavy atom. The zero-order valence-electron chi connectivity index (χ0n) is 13.1. The molecule has 0 aliphatic heterocycles. The topological polar surface area (TPSA) is 58.6 Å². The van der Waals surface area contributed by atoms with Gasteiger partial charge in [0, 0.05) is 19.6 Å². The first-order chi connectivity index (χ1) is 10.2. The summed E-state index contributed by atoms with van der Waals surface area (Å²) < 4.78 is 5.66. The number of aliphatic hydroxyl groups is 1. The average molecular weight is 293 g/mol. The molecule has 1 amide bonds. The molecule has 0 saturated carbocycles. The van der Waals surface area contributed by atoms with Crippen molar-refractivity contribution in [1.82, 2.24) is 5.32 Å². The normalized spacial score (nSPS) is 12.0. The molecule has 0 bridgehead atoms. The molecule has 0 heterocycles. The van der Waals surface area contributed by atoms with Crippen LogP contribution in [0, 0.1) is 12.8 Å². The average Bonchev–Trinajstić information content (AvgIpc) is 2.49. The van der Waals surface area contributed by atoms with E-state index in [1.54, 1.807) is 0 Å². The van der Waals surface area contributed by atoms with Crippen LogP contribution in [0.2, 0.25) is 0 Å². The Labute approximate surface area is 127 Å². The fourth-order valence-corrected chi connectivity index (χ4v) is 2.11. The first-order valence-corrected chi connectivity index (χ1v) is 7.73. The van der Waals surface area contributed by atoms with Gasteiger partial charge in [0.1, 0.15) is 5.75 Å². The van der Waals surface area contributed by atoms with Crippen LogP contribution in [-0.4, -0.2) is 30.8 Å². The lowest BCUT2D eigenvalue weighted by atomic mass is 10.0. The second kappa shape index (κ2) is 10.2. The molecule has 2 N–H and O–H groups in total. The highest BCUT2D eigenvalue weighted by Crippen LogP contribution is 2.16. The van der Waals surface area contributed by atoms with Gasteiger partial charge in [-0.25, -0.2) is 0 Å². The molecule has 0 fully saturated rings. The Hall–Kier alpha value is -1.55. The van der Waals surface area contributed by atoms with E-state index in [2.05, 4.69) is 12.2 Å². The Bertz CT molecular complexity index is 420. The first kappa shape index (κ1) is 17.5. The molecular formula is C17H27NO3. The SMILES string of the molecule is CCC(CCO)CNC(=O)CCCOc1ccccc1C. The van der Waals surface area contributed by atoms with E-state index >= 15 is 0 Å². The monoisotopic (exact) mass is 293 g/mol. The van der Waals surface area contributed by atoms with Gasteiger partial charge in [-0.15, -0.1) is 0 Å². The Balaban J connectivity index is 2.15. The van der Waals surface area contributed by atoms with E-state index in [9.17, 15) is 4.79 Å². The number of carbonyl (C=O) groups is 1. The lowest BCUT2D eigenvalue weighted by Crippen LogP contribution is -2.29. The van der Waals surface area contributed by atoms with Crippen LogP contribution in [0.15, 0.2) is 24.3 Å². The highest BCUT2D eigenvalue weighted by molar-refractivity contribution is 5.75. The number of aliphatic hydroxyl groups excluding tert-OH is 1. The van der Waals surface area contributed by atoms with Crippen molar-refractivity contribution in [3.63, 3.8) is 0 Å². The summed E-state index contributed by atoms with van der Waals surface area (Å²) in [6, 6.07) is 7.87. The van der Waals surface area contributed by atoms with Crippen LogP contribution < -0.4 is 10.1 Å². The molecule has 4 heteroatoms. The maximum absolute atomic E-state index is 11.7. The molecule has 0 aliphatic rings. The molecule has 1 aromatic carbocycles. The number of amides is 1. The highest BCUT2D eigenvalue weighted by Gasteiger charge is 2.08. The number of para-hydroxylation sites is 1. The van der Waals surface area contributed by atoms with E-state index in [-0.39, 0.29) is 12.5 Å². The van der Waals surface area contributed by atoms with Crippen LogP contribution in [-0.2, 0) is 4.79 Å². The number of aryl methyl sites for hydroxylation is 1. The Morgan fingerprint density at radius 1 is 1.38 bits per heavy atom. The minimum atomic E-state index is 0.0553. The number of rotatable bonds is 10. The summed E-state index contributed by atoms with van der Waals surface area (Å²) in [7, 11) is 0. The molecule has 0 saturated heterocycles. The van der Waals surface area contributed by atoms with Gasteiger partial charge in [0.2, 0.25) is 5.91 Å². The summed E-state index contributed by atoms with van der Waals surface area (Å²) in [6.07, 6.45) is 2.89. The van der Waals surface area contributed by atoms with Crippen LogP contribution in [0.25, 0.3) is 0 Å². The fourth-order valence-electron chi connectivity index (χ4n) is 2.11. The zero-order valence-corrected chi connectivity index (χ0v) is 13.1. The molecule has 0 aromatic heterocycles. The molecule has 0 spiro atoms. The van der Waals surface area contributed by atoms with Gasteiger partial charge in [0.15, 0.2) is 0 Å². The first-order valence-electron chi connectivity index (χ1n) is 7.73. The van der Waals surface area contributed by atoms with Crippen LogP contribution >= 0.6 is 0 Å². The van der Waals surface area contributed by atoms with E-state index in [0.717, 1.165) is 24.2 Å². The number of nitrogens with one attached hydrogen (secondary N) is 1. The van der Waals surface area contributed by atoms with Crippen LogP contribution in [0.3, 0.4) is 0 Å². The van der Waals surface area contributed by atoms with E-state index in [1.165, 1.54) is 0 Å². The van der Waals surface area contributed by atoms with E-state index in [4.69, 9.17) is 9.84 Å². The van der Waals surface area contributed by atoms with Gasteiger partial charge in [0.05, 0.1) is 6.61 Å². The standard InChI is InChI=1S/C17H27NO3/c1-3-15(10-11-19)13-18-17(20)9-6-12-21-16-8-5-4-7-14(16)2/h4-5,7-8,15,19H,3,6,9-13H2,1-2H3,(H,18,20). The summed E-state index contributed by atoms with van der Waals surface area (Å²) in [4.78, 5) is 11.7. The largest absolute Gasteiger partial charge is 0.493 e. The van der Waals surface area contributed by atoms with Crippen molar-refractivity contribution in [3.8, 4) is 5.75 Å². The Kier molecular flexibility index (Phi) is 8.51. The summed E-state index contributed by atoms with van der Waals surface area (Å²) in [6.45, 7) is 5.45. The van der Waals surface area contributed by atoms with Gasteiger partial charge in [-0.2, -0.15) is 0 Å². The third-order valence-corrected chi connectivity index (χ3v) is 3.60. The number of hydrogen-bond acceptors (Lipinski definition) is 3. The van der Waals surface area contributed by atoms with Crippen molar-refractivity contribution in [2.45, 2.75) is 39.5 Å². The maximum atomic E-state index is 11.7. The maximum Gasteiger partial charge on any atom is 0.220 e. The fraction of sp³-hybridized carbons (Fsp3) is 0.588. The molecule has 0 aliphatic carbocycles. The van der Waals surface area contributed by atoms with Crippen molar-refractivity contribution in [1.29, 1.82) is 0 Å². The highest BCUT2D eigenvalue weighted by atomic mass is 16.5. The van der Waals surface area contributed by atoms with E-state index in [0.29, 0.717) is 31.9 Å². The molecule has 21 heavy (non-hydrogen) atoms. The summed E-state index contributed by atoms with van der Waals surface area (Å²) in [5.74, 6) is 1.30. The van der Waals surface area contributed by atoms with Crippen LogP contribution in [0.5, 0.6) is 5.75 Å². The molecule has 4 nitrogen and oxygen atoms in total.